The van der Waals surface area contributed by atoms with E-state index in [0.717, 1.165) is 25.7 Å². The fourth-order valence-electron chi connectivity index (χ4n) is 3.92. The predicted molar refractivity (Wildman–Crippen MR) is 146 cm³/mol. The molecule has 204 valence electrons. The third kappa shape index (κ3) is 23.9. The van der Waals surface area contributed by atoms with Gasteiger partial charge < -0.3 is 14.6 Å². The molecule has 0 aromatic heterocycles. The maximum Gasteiger partial charge on any atom is 0.333 e. The maximum atomic E-state index is 12.0. The van der Waals surface area contributed by atoms with Crippen molar-refractivity contribution in [1.29, 1.82) is 0 Å². The summed E-state index contributed by atoms with van der Waals surface area (Å²) in [6.45, 7) is 8.96. The van der Waals surface area contributed by atoms with Gasteiger partial charge in [0.25, 0.3) is 0 Å². The number of carbonyl (C=O) groups is 2. The molecule has 0 spiro atoms. The number of aliphatic carboxylic acids is 1. The fourth-order valence-corrected chi connectivity index (χ4v) is 3.92. The monoisotopic (exact) mass is 494 g/mol. The molecule has 0 bridgehead atoms. The van der Waals surface area contributed by atoms with Crippen molar-refractivity contribution in [2.75, 3.05) is 19.8 Å². The highest BCUT2D eigenvalue weighted by Crippen LogP contribution is 2.14. The summed E-state index contributed by atoms with van der Waals surface area (Å²) < 4.78 is 10.7. The molecule has 0 unspecified atom stereocenters. The van der Waals surface area contributed by atoms with Gasteiger partial charge in [0, 0.05) is 17.8 Å². The van der Waals surface area contributed by atoms with Crippen LogP contribution in [0.15, 0.2) is 23.8 Å². The number of ether oxygens (including phenoxy) is 2. The van der Waals surface area contributed by atoms with Crippen molar-refractivity contribution in [2.45, 2.75) is 136 Å². The number of carboxylic acid groups (broad SMARTS) is 1. The lowest BCUT2D eigenvalue weighted by molar-refractivity contribution is -0.139. The smallest absolute Gasteiger partial charge is 0.333 e. The Morgan fingerprint density at radius 3 is 1.66 bits per heavy atom. The topological polar surface area (TPSA) is 72.8 Å². The molecule has 0 aliphatic carbocycles. The van der Waals surface area contributed by atoms with Crippen molar-refractivity contribution in [3.8, 4) is 0 Å². The summed E-state index contributed by atoms with van der Waals surface area (Å²) in [7, 11) is 0. The fraction of sp³-hybridized carbons (Fsp3) is 0.800. The lowest BCUT2D eigenvalue weighted by Gasteiger charge is -2.07. The number of esters is 1. The second-order valence-electron chi connectivity index (χ2n) is 9.77. The largest absolute Gasteiger partial charge is 0.478 e. The van der Waals surface area contributed by atoms with Crippen LogP contribution in [-0.4, -0.2) is 36.9 Å². The molecule has 1 N–H and O–H groups in total. The first-order chi connectivity index (χ1) is 17.0. The van der Waals surface area contributed by atoms with Crippen molar-refractivity contribution >= 4 is 11.9 Å². The second kappa shape index (κ2) is 25.5. The zero-order valence-electron chi connectivity index (χ0n) is 22.9. The van der Waals surface area contributed by atoms with Crippen LogP contribution in [0.1, 0.15) is 136 Å². The number of hydrogen-bond donors (Lipinski definition) is 1. The van der Waals surface area contributed by atoms with E-state index in [2.05, 4.69) is 13.5 Å². The number of rotatable bonds is 26. The van der Waals surface area contributed by atoms with Crippen LogP contribution < -0.4 is 0 Å². The number of carboxylic acids is 1. The molecule has 0 aliphatic heterocycles. The Morgan fingerprint density at radius 2 is 1.17 bits per heavy atom. The van der Waals surface area contributed by atoms with Crippen molar-refractivity contribution in [2.24, 2.45) is 0 Å². The van der Waals surface area contributed by atoms with E-state index in [-0.39, 0.29) is 11.5 Å². The first-order valence-corrected chi connectivity index (χ1v) is 14.3. The van der Waals surface area contributed by atoms with Crippen LogP contribution in [-0.2, 0) is 19.1 Å². The van der Waals surface area contributed by atoms with Gasteiger partial charge in [-0.15, -0.1) is 0 Å². The molecule has 0 heterocycles. The third-order valence-corrected chi connectivity index (χ3v) is 6.38. The zero-order valence-corrected chi connectivity index (χ0v) is 22.9. The van der Waals surface area contributed by atoms with Gasteiger partial charge in [0.05, 0.1) is 13.2 Å². The van der Waals surface area contributed by atoms with E-state index in [1.54, 1.807) is 13.0 Å². The average molecular weight is 495 g/mol. The van der Waals surface area contributed by atoms with Crippen LogP contribution in [0.25, 0.3) is 0 Å². The van der Waals surface area contributed by atoms with Crippen LogP contribution in [0.4, 0.5) is 0 Å². The Labute approximate surface area is 215 Å². The minimum absolute atomic E-state index is 0.283. The van der Waals surface area contributed by atoms with E-state index in [1.807, 2.05) is 0 Å². The molecule has 0 rings (SSSR count). The molecular weight excluding hydrogens is 440 g/mol. The number of hydrogen-bond acceptors (Lipinski definition) is 4. The normalized spacial score (nSPS) is 11.5. The summed E-state index contributed by atoms with van der Waals surface area (Å²) in [5, 5.41) is 8.75. The van der Waals surface area contributed by atoms with Gasteiger partial charge in [-0.3, -0.25) is 0 Å². The molecule has 0 fully saturated rings. The van der Waals surface area contributed by atoms with Crippen molar-refractivity contribution in [1.82, 2.24) is 0 Å². The Morgan fingerprint density at radius 1 is 0.714 bits per heavy atom. The maximum absolute atomic E-state index is 12.0. The van der Waals surface area contributed by atoms with Gasteiger partial charge in [0.2, 0.25) is 0 Å². The van der Waals surface area contributed by atoms with E-state index in [9.17, 15) is 9.59 Å². The van der Waals surface area contributed by atoms with Crippen LogP contribution in [0.5, 0.6) is 0 Å². The minimum atomic E-state index is -0.928. The van der Waals surface area contributed by atoms with E-state index < -0.39 is 5.97 Å². The summed E-state index contributed by atoms with van der Waals surface area (Å²) in [5.41, 5.74) is 0.800. The van der Waals surface area contributed by atoms with E-state index >= 15 is 0 Å². The molecule has 5 heteroatoms. The minimum Gasteiger partial charge on any atom is -0.478 e. The SMILES string of the molecule is C=C(CCCCOCC=C(C)C(=O)O)C(=O)OCCCCCCCCCCCCCCCCCC. The standard InChI is InChI=1S/C30H54O5/c1-4-5-6-7-8-9-10-11-12-13-14-15-16-17-18-20-25-35-30(33)28(3)22-19-21-24-34-26-23-27(2)29(31)32/h23H,3-22,24-26H2,1-2H3,(H,31,32). The Balaban J connectivity index is 3.37. The van der Waals surface area contributed by atoms with E-state index in [0.29, 0.717) is 31.8 Å². The van der Waals surface area contributed by atoms with Gasteiger partial charge in [-0.25, -0.2) is 9.59 Å². The van der Waals surface area contributed by atoms with Crippen molar-refractivity contribution in [3.05, 3.63) is 23.8 Å². The summed E-state index contributed by atoms with van der Waals surface area (Å²) in [6.07, 6.45) is 25.0. The Bertz CT molecular complexity index is 567. The summed E-state index contributed by atoms with van der Waals surface area (Å²) in [5.74, 6) is -1.21. The highest BCUT2D eigenvalue weighted by atomic mass is 16.5. The average Bonchev–Trinajstić information content (AvgIpc) is 2.84. The summed E-state index contributed by atoms with van der Waals surface area (Å²) >= 11 is 0. The van der Waals surface area contributed by atoms with Crippen molar-refractivity contribution in [3.63, 3.8) is 0 Å². The van der Waals surface area contributed by atoms with Gasteiger partial charge >= 0.3 is 11.9 Å². The lowest BCUT2D eigenvalue weighted by atomic mass is 10.0. The number of carbonyl (C=O) groups excluding carboxylic acids is 1. The molecule has 0 aromatic carbocycles. The highest BCUT2D eigenvalue weighted by molar-refractivity contribution is 5.87. The van der Waals surface area contributed by atoms with Gasteiger partial charge in [0.15, 0.2) is 0 Å². The molecule has 0 aromatic rings. The van der Waals surface area contributed by atoms with Gasteiger partial charge in [-0.2, -0.15) is 0 Å². The number of unbranched alkanes of at least 4 members (excludes halogenated alkanes) is 16. The van der Waals surface area contributed by atoms with Crippen LogP contribution in [0.3, 0.4) is 0 Å². The van der Waals surface area contributed by atoms with Gasteiger partial charge in [0.1, 0.15) is 0 Å². The van der Waals surface area contributed by atoms with Crippen LogP contribution >= 0.6 is 0 Å². The van der Waals surface area contributed by atoms with Gasteiger partial charge in [-0.05, 0) is 38.7 Å². The molecule has 5 nitrogen and oxygen atoms in total. The molecule has 0 saturated carbocycles. The zero-order chi connectivity index (χ0) is 26.0. The molecular formula is C30H54O5. The third-order valence-electron chi connectivity index (χ3n) is 6.38. The molecule has 0 atom stereocenters. The second-order valence-corrected chi connectivity index (χ2v) is 9.77. The molecule has 35 heavy (non-hydrogen) atoms. The van der Waals surface area contributed by atoms with Crippen LogP contribution in [0, 0.1) is 0 Å². The Kier molecular flexibility index (Phi) is 24.3. The van der Waals surface area contributed by atoms with E-state index in [1.165, 1.54) is 89.9 Å². The predicted octanol–water partition coefficient (Wildman–Crippen LogP) is 8.57. The molecule has 0 amide bonds. The quantitative estimate of drug-likeness (QED) is 0.0740. The summed E-state index contributed by atoms with van der Waals surface area (Å²) in [4.78, 5) is 22.7. The molecule has 0 saturated heterocycles. The van der Waals surface area contributed by atoms with E-state index in [4.69, 9.17) is 14.6 Å². The first-order valence-electron chi connectivity index (χ1n) is 14.3. The molecule has 0 aliphatic rings. The van der Waals surface area contributed by atoms with Crippen molar-refractivity contribution < 1.29 is 24.2 Å². The first kappa shape index (κ1) is 33.4. The lowest BCUT2D eigenvalue weighted by Crippen LogP contribution is -2.08. The molecule has 0 radical (unpaired) electrons. The van der Waals surface area contributed by atoms with Gasteiger partial charge in [-0.1, -0.05) is 110 Å². The van der Waals surface area contributed by atoms with Crippen LogP contribution in [0.2, 0.25) is 0 Å². The summed E-state index contributed by atoms with van der Waals surface area (Å²) in [6, 6.07) is 0. The highest BCUT2D eigenvalue weighted by Gasteiger charge is 2.08. The Hall–Kier alpha value is -1.62.